The van der Waals surface area contributed by atoms with Crippen molar-refractivity contribution in [2.75, 3.05) is 45.3 Å². The van der Waals surface area contributed by atoms with Gasteiger partial charge in [0.15, 0.2) is 18.1 Å². The highest BCUT2D eigenvalue weighted by molar-refractivity contribution is 8.00. The van der Waals surface area contributed by atoms with Gasteiger partial charge in [0.2, 0.25) is 5.91 Å². The van der Waals surface area contributed by atoms with Crippen molar-refractivity contribution in [2.24, 2.45) is 5.10 Å². The van der Waals surface area contributed by atoms with Crippen molar-refractivity contribution in [3.63, 3.8) is 0 Å². The molecule has 2 amide bonds. The van der Waals surface area contributed by atoms with Crippen molar-refractivity contribution >= 4 is 35.5 Å². The largest absolute Gasteiger partial charge is 0.490 e. The molecule has 1 heterocycles. The van der Waals surface area contributed by atoms with Crippen LogP contribution in [0.4, 0.5) is 5.69 Å². The quantitative estimate of drug-likeness (QED) is 0.214. The summed E-state index contributed by atoms with van der Waals surface area (Å²) in [5, 5.41) is 14.7. The van der Waals surface area contributed by atoms with Crippen molar-refractivity contribution in [1.29, 1.82) is 0 Å². The van der Waals surface area contributed by atoms with E-state index < -0.39 is 4.92 Å². The molecule has 2 aromatic carbocycles. The molecule has 0 unspecified atom stereocenters. The van der Waals surface area contributed by atoms with Crippen LogP contribution in [0.15, 0.2) is 52.5 Å². The lowest BCUT2D eigenvalue weighted by molar-refractivity contribution is -0.384. The average molecular weight is 503 g/mol. The molecule has 0 radical (unpaired) electrons. The molecule has 0 aromatic heterocycles. The zero-order chi connectivity index (χ0) is 25.0. The molecule has 1 saturated heterocycles. The van der Waals surface area contributed by atoms with Gasteiger partial charge in [-0.05, 0) is 42.8 Å². The number of carbonyl (C=O) groups excluding carboxylic acids is 2. The summed E-state index contributed by atoms with van der Waals surface area (Å²) in [5.41, 5.74) is 3.11. The third-order valence-corrected chi connectivity index (χ3v) is 5.81. The second-order valence-electron chi connectivity index (χ2n) is 7.25. The predicted molar refractivity (Wildman–Crippen MR) is 130 cm³/mol. The molecule has 35 heavy (non-hydrogen) atoms. The minimum Gasteiger partial charge on any atom is -0.490 e. The monoisotopic (exact) mass is 502 g/mol. The van der Waals surface area contributed by atoms with Gasteiger partial charge in [-0.1, -0.05) is 0 Å². The molecule has 1 N–H and O–H groups in total. The standard InChI is InChI=1S/C23H26N4O7S/c1-2-33-21-13-17(3-8-20(21)34-15-23(29)26-9-11-32-12-10-26)14-24-25-22(28)16-35-19-6-4-18(5-7-19)27(30)31/h3-8,13-14H,2,9-12,15-16H2,1H3,(H,25,28)/b24-14-. The molecule has 1 aliphatic heterocycles. The Morgan fingerprint density at radius 1 is 1.17 bits per heavy atom. The molecule has 1 fully saturated rings. The number of nitrogens with zero attached hydrogens (tertiary/aromatic N) is 3. The molecular formula is C23H26N4O7S. The molecule has 0 atom stereocenters. The van der Waals surface area contributed by atoms with Gasteiger partial charge in [0.05, 0.1) is 36.7 Å². The number of ether oxygens (including phenoxy) is 3. The van der Waals surface area contributed by atoms with E-state index in [1.807, 2.05) is 6.92 Å². The summed E-state index contributed by atoms with van der Waals surface area (Å²) in [4.78, 5) is 37.0. The molecule has 11 nitrogen and oxygen atoms in total. The molecule has 0 spiro atoms. The fraction of sp³-hybridized carbons (Fsp3) is 0.348. The van der Waals surface area contributed by atoms with Gasteiger partial charge < -0.3 is 19.1 Å². The van der Waals surface area contributed by atoms with Gasteiger partial charge in [-0.2, -0.15) is 5.10 Å². The Bertz CT molecular complexity index is 1060. The van der Waals surface area contributed by atoms with E-state index in [1.54, 1.807) is 35.2 Å². The van der Waals surface area contributed by atoms with E-state index in [-0.39, 0.29) is 29.9 Å². The topological polar surface area (TPSA) is 133 Å². The molecule has 0 saturated carbocycles. The minimum atomic E-state index is -0.476. The Kier molecular flexibility index (Phi) is 9.87. The summed E-state index contributed by atoms with van der Waals surface area (Å²) in [7, 11) is 0. The second kappa shape index (κ2) is 13.3. The lowest BCUT2D eigenvalue weighted by Gasteiger charge is -2.26. The Balaban J connectivity index is 1.49. The third-order valence-electron chi connectivity index (χ3n) is 4.80. The average Bonchev–Trinajstić information content (AvgIpc) is 2.87. The fourth-order valence-corrected chi connectivity index (χ4v) is 3.75. The van der Waals surface area contributed by atoms with Crippen LogP contribution < -0.4 is 14.9 Å². The highest BCUT2D eigenvalue weighted by Crippen LogP contribution is 2.28. The van der Waals surface area contributed by atoms with E-state index in [0.717, 1.165) is 4.90 Å². The molecule has 2 aromatic rings. The Hall–Kier alpha value is -3.64. The summed E-state index contributed by atoms with van der Waals surface area (Å²) >= 11 is 1.24. The first-order chi connectivity index (χ1) is 17.0. The van der Waals surface area contributed by atoms with Crippen LogP contribution in [-0.4, -0.2) is 73.1 Å². The number of benzene rings is 2. The fourth-order valence-electron chi connectivity index (χ4n) is 3.06. The summed E-state index contributed by atoms with van der Waals surface area (Å²) in [6.45, 7) is 4.29. The number of thioether (sulfide) groups is 1. The van der Waals surface area contributed by atoms with E-state index in [1.165, 1.54) is 30.1 Å². The molecule has 0 aliphatic carbocycles. The maximum Gasteiger partial charge on any atom is 0.269 e. The van der Waals surface area contributed by atoms with Crippen LogP contribution in [0.25, 0.3) is 0 Å². The van der Waals surface area contributed by atoms with E-state index in [2.05, 4.69) is 10.5 Å². The van der Waals surface area contributed by atoms with Crippen LogP contribution in [0.2, 0.25) is 0 Å². The number of amides is 2. The van der Waals surface area contributed by atoms with Gasteiger partial charge in [-0.15, -0.1) is 11.8 Å². The van der Waals surface area contributed by atoms with Crippen molar-refractivity contribution in [3.05, 3.63) is 58.1 Å². The van der Waals surface area contributed by atoms with E-state index in [0.29, 0.717) is 50.0 Å². The van der Waals surface area contributed by atoms with Gasteiger partial charge in [0.1, 0.15) is 0 Å². The number of morpholine rings is 1. The van der Waals surface area contributed by atoms with Crippen LogP contribution in [0.1, 0.15) is 12.5 Å². The van der Waals surface area contributed by atoms with Crippen LogP contribution in [0.5, 0.6) is 11.5 Å². The van der Waals surface area contributed by atoms with E-state index >= 15 is 0 Å². The minimum absolute atomic E-state index is 0.00468. The smallest absolute Gasteiger partial charge is 0.269 e. The number of nitro groups is 1. The molecular weight excluding hydrogens is 476 g/mol. The number of nitro benzene ring substituents is 1. The first kappa shape index (κ1) is 26.0. The van der Waals surface area contributed by atoms with Crippen LogP contribution >= 0.6 is 11.8 Å². The van der Waals surface area contributed by atoms with E-state index in [9.17, 15) is 19.7 Å². The Morgan fingerprint density at radius 3 is 2.60 bits per heavy atom. The number of hydrazone groups is 1. The summed E-state index contributed by atoms with van der Waals surface area (Å²) in [6, 6.07) is 11.1. The zero-order valence-corrected chi connectivity index (χ0v) is 20.0. The predicted octanol–water partition coefficient (Wildman–Crippen LogP) is 2.47. The third kappa shape index (κ3) is 8.26. The number of hydrogen-bond acceptors (Lipinski definition) is 9. The SMILES string of the molecule is CCOc1cc(/C=N\NC(=O)CSc2ccc([N+](=O)[O-])cc2)ccc1OCC(=O)N1CCOCC1. The van der Waals surface area contributed by atoms with Crippen molar-refractivity contribution in [1.82, 2.24) is 10.3 Å². The van der Waals surface area contributed by atoms with Gasteiger partial charge in [-0.25, -0.2) is 5.43 Å². The molecule has 3 rings (SSSR count). The first-order valence-corrected chi connectivity index (χ1v) is 11.9. The van der Waals surface area contributed by atoms with Gasteiger partial charge >= 0.3 is 0 Å². The Labute approximate surface area is 206 Å². The molecule has 0 bridgehead atoms. The maximum absolute atomic E-state index is 12.3. The lowest BCUT2D eigenvalue weighted by atomic mass is 10.2. The number of nitrogens with one attached hydrogen (secondary N) is 1. The van der Waals surface area contributed by atoms with Crippen molar-refractivity contribution < 1.29 is 28.7 Å². The zero-order valence-electron chi connectivity index (χ0n) is 19.2. The Morgan fingerprint density at radius 2 is 1.91 bits per heavy atom. The highest BCUT2D eigenvalue weighted by atomic mass is 32.2. The van der Waals surface area contributed by atoms with Crippen LogP contribution in [-0.2, 0) is 14.3 Å². The number of hydrogen-bond donors (Lipinski definition) is 1. The molecule has 186 valence electrons. The second-order valence-corrected chi connectivity index (χ2v) is 8.30. The highest BCUT2D eigenvalue weighted by Gasteiger charge is 2.18. The first-order valence-electron chi connectivity index (χ1n) is 10.9. The van der Waals surface area contributed by atoms with Crippen LogP contribution in [0, 0.1) is 10.1 Å². The van der Waals surface area contributed by atoms with Gasteiger partial charge in [-0.3, -0.25) is 19.7 Å². The lowest BCUT2D eigenvalue weighted by Crippen LogP contribution is -2.43. The summed E-state index contributed by atoms with van der Waals surface area (Å²) in [5.74, 6) is 0.566. The number of rotatable bonds is 11. The summed E-state index contributed by atoms with van der Waals surface area (Å²) in [6.07, 6.45) is 1.47. The van der Waals surface area contributed by atoms with E-state index in [4.69, 9.17) is 14.2 Å². The van der Waals surface area contributed by atoms with Gasteiger partial charge in [0.25, 0.3) is 11.6 Å². The number of carbonyl (C=O) groups is 2. The van der Waals surface area contributed by atoms with Crippen molar-refractivity contribution in [3.8, 4) is 11.5 Å². The van der Waals surface area contributed by atoms with Crippen LogP contribution in [0.3, 0.4) is 0 Å². The maximum atomic E-state index is 12.3. The van der Waals surface area contributed by atoms with Gasteiger partial charge in [0, 0.05) is 30.1 Å². The van der Waals surface area contributed by atoms with Crippen molar-refractivity contribution in [2.45, 2.75) is 11.8 Å². The molecule has 1 aliphatic rings. The number of non-ortho nitro benzene ring substituents is 1. The summed E-state index contributed by atoms with van der Waals surface area (Å²) < 4.78 is 16.6. The molecule has 12 heteroatoms. The normalized spacial score (nSPS) is 13.5.